The number of nitrogens with one attached hydrogen (secondary N) is 1. The number of phenols is 2. The Kier molecular flexibility index (Phi) is 4.02. The fraction of sp³-hybridized carbons (Fsp3) is 0.250. The first kappa shape index (κ1) is 13.4. The summed E-state index contributed by atoms with van der Waals surface area (Å²) in [4.78, 5) is 14.5. The number of hydrogen-bond donors (Lipinski definition) is 3. The minimum Gasteiger partial charge on any atom is -0.504 e. The van der Waals surface area contributed by atoms with Crippen molar-refractivity contribution in [1.29, 1.82) is 0 Å². The van der Waals surface area contributed by atoms with E-state index in [0.29, 0.717) is 11.1 Å². The molecule has 0 saturated carbocycles. The van der Waals surface area contributed by atoms with Gasteiger partial charge in [-0.15, -0.1) is 0 Å². The van der Waals surface area contributed by atoms with Gasteiger partial charge in [0.05, 0.1) is 10.9 Å². The minimum atomic E-state index is -0.427. The third kappa shape index (κ3) is 2.22. The summed E-state index contributed by atoms with van der Waals surface area (Å²) in [5, 5.41) is 18.9. The maximum Gasteiger partial charge on any atom is 0.192 e. The fourth-order valence-corrected chi connectivity index (χ4v) is 1.66. The number of pyridine rings is 1. The zero-order valence-corrected chi connectivity index (χ0v) is 10.6. The molecule has 0 atom stereocenters. The molecular formula is C12H14ClNO3. The van der Waals surface area contributed by atoms with Crippen molar-refractivity contribution in [2.24, 2.45) is 0 Å². The van der Waals surface area contributed by atoms with Gasteiger partial charge in [-0.3, -0.25) is 4.79 Å². The van der Waals surface area contributed by atoms with Crippen LogP contribution in [0.4, 0.5) is 0 Å². The highest BCUT2D eigenvalue weighted by Crippen LogP contribution is 2.37. The molecule has 17 heavy (non-hydrogen) atoms. The van der Waals surface area contributed by atoms with E-state index in [9.17, 15) is 15.0 Å². The van der Waals surface area contributed by atoms with Gasteiger partial charge in [-0.2, -0.15) is 0 Å². The molecule has 1 aromatic heterocycles. The molecule has 0 bridgehead atoms. The number of fused-ring (bicyclic) bond motifs is 1. The Hall–Kier alpha value is -1.68. The van der Waals surface area contributed by atoms with Crippen molar-refractivity contribution >= 4 is 22.5 Å². The quantitative estimate of drug-likeness (QED) is 0.634. The van der Waals surface area contributed by atoms with Crippen LogP contribution in [0.1, 0.15) is 19.4 Å². The molecule has 1 heterocycles. The lowest BCUT2D eigenvalue weighted by Gasteiger charge is -2.05. The molecule has 5 heteroatoms. The van der Waals surface area contributed by atoms with Crippen LogP contribution in [-0.4, -0.2) is 15.2 Å². The number of phenolic OH excluding ortho intramolecular Hbond substituents is 2. The van der Waals surface area contributed by atoms with Gasteiger partial charge in [-0.1, -0.05) is 25.4 Å². The molecule has 0 aliphatic rings. The van der Waals surface area contributed by atoms with Crippen molar-refractivity contribution in [2.75, 3.05) is 0 Å². The number of aromatic amines is 1. The highest BCUT2D eigenvalue weighted by molar-refractivity contribution is 6.36. The van der Waals surface area contributed by atoms with Crippen LogP contribution in [0, 0.1) is 6.92 Å². The molecule has 4 nitrogen and oxygen atoms in total. The number of aromatic nitrogens is 1. The predicted octanol–water partition coefficient (Wildman–Crippen LogP) is 2.93. The fourth-order valence-electron chi connectivity index (χ4n) is 1.40. The van der Waals surface area contributed by atoms with Gasteiger partial charge in [0, 0.05) is 11.8 Å². The molecule has 2 aromatic rings. The smallest absolute Gasteiger partial charge is 0.192 e. The van der Waals surface area contributed by atoms with Gasteiger partial charge >= 0.3 is 0 Å². The Morgan fingerprint density at radius 3 is 2.47 bits per heavy atom. The molecule has 0 aliphatic heterocycles. The largest absolute Gasteiger partial charge is 0.504 e. The van der Waals surface area contributed by atoms with Crippen molar-refractivity contribution in [2.45, 2.75) is 20.8 Å². The van der Waals surface area contributed by atoms with Gasteiger partial charge in [0.25, 0.3) is 0 Å². The summed E-state index contributed by atoms with van der Waals surface area (Å²) in [6.45, 7) is 5.65. The second kappa shape index (κ2) is 5.10. The van der Waals surface area contributed by atoms with Gasteiger partial charge in [-0.05, 0) is 13.0 Å². The first-order valence-corrected chi connectivity index (χ1v) is 5.62. The van der Waals surface area contributed by atoms with Crippen LogP contribution >= 0.6 is 11.6 Å². The third-order valence-corrected chi connectivity index (χ3v) is 2.62. The van der Waals surface area contributed by atoms with Gasteiger partial charge in [-0.25, -0.2) is 0 Å². The maximum absolute atomic E-state index is 11.7. The van der Waals surface area contributed by atoms with Crippen molar-refractivity contribution < 1.29 is 10.2 Å². The summed E-state index contributed by atoms with van der Waals surface area (Å²) >= 11 is 5.78. The summed E-state index contributed by atoms with van der Waals surface area (Å²) < 4.78 is 0. The Balaban J connectivity index is 0.000000686. The van der Waals surface area contributed by atoms with Crippen LogP contribution in [0.5, 0.6) is 11.5 Å². The number of halogens is 1. The number of hydrogen-bond acceptors (Lipinski definition) is 3. The highest BCUT2D eigenvalue weighted by atomic mass is 35.5. The Morgan fingerprint density at radius 1 is 1.29 bits per heavy atom. The zero-order valence-electron chi connectivity index (χ0n) is 9.84. The lowest BCUT2D eigenvalue weighted by molar-refractivity contribution is 0.405. The first-order valence-electron chi connectivity index (χ1n) is 5.25. The molecule has 0 spiro atoms. The molecule has 92 valence electrons. The molecule has 0 unspecified atom stereocenters. The Labute approximate surface area is 103 Å². The van der Waals surface area contributed by atoms with E-state index in [-0.39, 0.29) is 15.8 Å². The zero-order chi connectivity index (χ0) is 13.2. The van der Waals surface area contributed by atoms with E-state index in [2.05, 4.69) is 4.98 Å². The van der Waals surface area contributed by atoms with E-state index >= 15 is 0 Å². The van der Waals surface area contributed by atoms with Crippen molar-refractivity contribution in [1.82, 2.24) is 4.98 Å². The van der Waals surface area contributed by atoms with Crippen molar-refractivity contribution in [3.63, 3.8) is 0 Å². The van der Waals surface area contributed by atoms with E-state index < -0.39 is 11.5 Å². The second-order valence-electron chi connectivity index (χ2n) is 3.28. The number of rotatable bonds is 0. The third-order valence-electron chi connectivity index (χ3n) is 2.26. The van der Waals surface area contributed by atoms with Crippen LogP contribution in [0.15, 0.2) is 17.1 Å². The topological polar surface area (TPSA) is 73.3 Å². The van der Waals surface area contributed by atoms with Crippen LogP contribution in [0.25, 0.3) is 10.9 Å². The normalized spacial score (nSPS) is 9.88. The van der Waals surface area contributed by atoms with Crippen LogP contribution in [0.3, 0.4) is 0 Å². The number of H-pyrrole nitrogens is 1. The summed E-state index contributed by atoms with van der Waals surface area (Å²) in [7, 11) is 0. The molecule has 0 fully saturated rings. The van der Waals surface area contributed by atoms with Crippen LogP contribution < -0.4 is 5.43 Å². The number of aryl methyl sites for hydroxylation is 1. The monoisotopic (exact) mass is 255 g/mol. The number of benzene rings is 1. The molecule has 0 amide bonds. The standard InChI is InChI=1S/C10H8ClNO3.C2H6/c1-4-3-12-8-5(9(4)14)2-6(13)10(15)7(8)11;1-2/h2-3,13,15H,1H3,(H,12,14);1-2H3. The average Bonchev–Trinajstić information content (AvgIpc) is 2.34. The predicted molar refractivity (Wildman–Crippen MR) is 69.0 cm³/mol. The molecular weight excluding hydrogens is 242 g/mol. The molecule has 1 aromatic carbocycles. The Morgan fingerprint density at radius 2 is 1.88 bits per heavy atom. The minimum absolute atomic E-state index is 0.0536. The SMILES string of the molecule is CC.Cc1c[nH]c2c(Cl)c(O)c(O)cc2c1=O. The van der Waals surface area contributed by atoms with Crippen molar-refractivity contribution in [3.8, 4) is 11.5 Å². The lowest BCUT2D eigenvalue weighted by Crippen LogP contribution is -2.06. The highest BCUT2D eigenvalue weighted by Gasteiger charge is 2.13. The van der Waals surface area contributed by atoms with Gasteiger partial charge in [0.1, 0.15) is 5.02 Å². The summed E-state index contributed by atoms with van der Waals surface area (Å²) in [6.07, 6.45) is 1.51. The van der Waals surface area contributed by atoms with E-state index in [0.717, 1.165) is 0 Å². The van der Waals surface area contributed by atoms with Crippen molar-refractivity contribution in [3.05, 3.63) is 33.1 Å². The summed E-state index contributed by atoms with van der Waals surface area (Å²) in [5.41, 5.74) is 0.618. The number of aromatic hydroxyl groups is 2. The van der Waals surface area contributed by atoms with E-state index in [4.69, 9.17) is 11.6 Å². The van der Waals surface area contributed by atoms with Gasteiger partial charge in [0.15, 0.2) is 16.9 Å². The van der Waals surface area contributed by atoms with E-state index in [1.165, 1.54) is 12.3 Å². The summed E-state index contributed by atoms with van der Waals surface area (Å²) in [6, 6.07) is 1.20. The van der Waals surface area contributed by atoms with Crippen LogP contribution in [-0.2, 0) is 0 Å². The summed E-state index contributed by atoms with van der Waals surface area (Å²) in [5.74, 6) is -0.827. The van der Waals surface area contributed by atoms with Gasteiger partial charge < -0.3 is 15.2 Å². The Bertz CT molecular complexity index is 605. The molecule has 0 radical (unpaired) electrons. The lowest BCUT2D eigenvalue weighted by atomic mass is 10.1. The molecule has 2 rings (SSSR count). The average molecular weight is 256 g/mol. The van der Waals surface area contributed by atoms with E-state index in [1.54, 1.807) is 6.92 Å². The van der Waals surface area contributed by atoms with Gasteiger partial charge in [0.2, 0.25) is 0 Å². The second-order valence-corrected chi connectivity index (χ2v) is 3.66. The molecule has 0 saturated heterocycles. The molecule has 3 N–H and O–H groups in total. The van der Waals surface area contributed by atoms with Crippen LogP contribution in [0.2, 0.25) is 5.02 Å². The maximum atomic E-state index is 11.7. The molecule has 0 aliphatic carbocycles. The first-order chi connectivity index (χ1) is 8.02. The van der Waals surface area contributed by atoms with E-state index in [1.807, 2.05) is 13.8 Å².